The SMILES string of the molecule is CCNC(C)CC(=O)Nc1cnc2c(c1)c(C)nn2C. The van der Waals surface area contributed by atoms with E-state index in [1.165, 1.54) is 0 Å². The second-order valence-corrected chi connectivity index (χ2v) is 5.02. The molecule has 0 aliphatic heterocycles. The van der Waals surface area contributed by atoms with Crippen molar-refractivity contribution in [3.8, 4) is 0 Å². The topological polar surface area (TPSA) is 71.8 Å². The van der Waals surface area contributed by atoms with Gasteiger partial charge in [0, 0.05) is 24.9 Å². The lowest BCUT2D eigenvalue weighted by Gasteiger charge is -2.12. The van der Waals surface area contributed by atoms with Crippen molar-refractivity contribution < 1.29 is 4.79 Å². The number of amides is 1. The fraction of sp³-hybridized carbons (Fsp3) is 0.500. The lowest BCUT2D eigenvalue weighted by molar-refractivity contribution is -0.116. The number of rotatable bonds is 5. The van der Waals surface area contributed by atoms with Gasteiger partial charge in [-0.05, 0) is 26.5 Å². The summed E-state index contributed by atoms with van der Waals surface area (Å²) in [5.41, 5.74) is 2.44. The number of hydrogen-bond donors (Lipinski definition) is 2. The maximum absolute atomic E-state index is 11.9. The van der Waals surface area contributed by atoms with Gasteiger partial charge in [-0.25, -0.2) is 4.98 Å². The molecule has 2 N–H and O–H groups in total. The summed E-state index contributed by atoms with van der Waals surface area (Å²) in [6, 6.07) is 2.08. The molecule has 2 aromatic rings. The van der Waals surface area contributed by atoms with Crippen LogP contribution in [0.4, 0.5) is 5.69 Å². The van der Waals surface area contributed by atoms with E-state index < -0.39 is 0 Å². The maximum atomic E-state index is 11.9. The van der Waals surface area contributed by atoms with Crippen molar-refractivity contribution in [2.45, 2.75) is 33.2 Å². The summed E-state index contributed by atoms with van der Waals surface area (Å²) >= 11 is 0. The molecule has 2 heterocycles. The highest BCUT2D eigenvalue weighted by Gasteiger charge is 2.11. The van der Waals surface area contributed by atoms with E-state index in [2.05, 4.69) is 20.7 Å². The molecule has 0 saturated heterocycles. The van der Waals surface area contributed by atoms with E-state index in [4.69, 9.17) is 0 Å². The van der Waals surface area contributed by atoms with Crippen LogP contribution in [0.1, 0.15) is 26.0 Å². The minimum atomic E-state index is -0.0128. The van der Waals surface area contributed by atoms with Crippen LogP contribution in [0.15, 0.2) is 12.3 Å². The van der Waals surface area contributed by atoms with Gasteiger partial charge in [0.15, 0.2) is 5.65 Å². The highest BCUT2D eigenvalue weighted by Crippen LogP contribution is 2.19. The van der Waals surface area contributed by atoms with E-state index in [1.54, 1.807) is 10.9 Å². The van der Waals surface area contributed by atoms with Gasteiger partial charge in [-0.3, -0.25) is 9.48 Å². The van der Waals surface area contributed by atoms with E-state index in [1.807, 2.05) is 33.9 Å². The summed E-state index contributed by atoms with van der Waals surface area (Å²) in [4.78, 5) is 16.3. The summed E-state index contributed by atoms with van der Waals surface area (Å²) in [5.74, 6) is -0.0128. The van der Waals surface area contributed by atoms with Gasteiger partial charge in [0.2, 0.25) is 5.91 Å². The third-order valence-corrected chi connectivity index (χ3v) is 3.19. The van der Waals surface area contributed by atoms with Gasteiger partial charge in [-0.1, -0.05) is 6.92 Å². The zero-order valence-corrected chi connectivity index (χ0v) is 12.4. The van der Waals surface area contributed by atoms with Gasteiger partial charge in [0.05, 0.1) is 17.6 Å². The molecule has 0 aliphatic rings. The third kappa shape index (κ3) is 3.14. The van der Waals surface area contributed by atoms with Gasteiger partial charge < -0.3 is 10.6 Å². The van der Waals surface area contributed by atoms with Crippen molar-refractivity contribution in [2.24, 2.45) is 7.05 Å². The number of aryl methyl sites for hydroxylation is 2. The monoisotopic (exact) mass is 275 g/mol. The van der Waals surface area contributed by atoms with Gasteiger partial charge in [-0.15, -0.1) is 0 Å². The van der Waals surface area contributed by atoms with Crippen LogP contribution in [0.5, 0.6) is 0 Å². The molecule has 2 aromatic heterocycles. The Bertz CT molecular complexity index is 619. The highest BCUT2D eigenvalue weighted by atomic mass is 16.1. The highest BCUT2D eigenvalue weighted by molar-refractivity contribution is 5.93. The molecule has 2 rings (SSSR count). The molecule has 0 aliphatic carbocycles. The average molecular weight is 275 g/mol. The second-order valence-electron chi connectivity index (χ2n) is 5.02. The van der Waals surface area contributed by atoms with Gasteiger partial charge >= 0.3 is 0 Å². The van der Waals surface area contributed by atoms with E-state index >= 15 is 0 Å². The number of hydrogen-bond acceptors (Lipinski definition) is 4. The van der Waals surface area contributed by atoms with Crippen LogP contribution in [0, 0.1) is 6.92 Å². The molecular formula is C14H21N5O. The fourth-order valence-corrected chi connectivity index (χ4v) is 2.29. The Labute approximate surface area is 118 Å². The summed E-state index contributed by atoms with van der Waals surface area (Å²) in [7, 11) is 1.86. The Morgan fingerprint density at radius 3 is 2.95 bits per heavy atom. The molecule has 6 heteroatoms. The first-order valence-corrected chi connectivity index (χ1v) is 6.83. The number of anilines is 1. The van der Waals surface area contributed by atoms with Crippen LogP contribution in [0.3, 0.4) is 0 Å². The molecule has 0 radical (unpaired) electrons. The van der Waals surface area contributed by atoms with Crippen LogP contribution in [-0.2, 0) is 11.8 Å². The Kier molecular flexibility index (Phi) is 4.34. The number of fused-ring (bicyclic) bond motifs is 1. The molecule has 1 atom stereocenters. The van der Waals surface area contributed by atoms with E-state index in [0.717, 1.165) is 23.3 Å². The van der Waals surface area contributed by atoms with Crippen LogP contribution in [0.25, 0.3) is 11.0 Å². The van der Waals surface area contributed by atoms with Crippen LogP contribution < -0.4 is 10.6 Å². The first kappa shape index (κ1) is 14.5. The molecule has 1 amide bonds. The van der Waals surface area contributed by atoms with Crippen molar-refractivity contribution in [2.75, 3.05) is 11.9 Å². The quantitative estimate of drug-likeness (QED) is 0.869. The first-order chi connectivity index (χ1) is 9.51. The van der Waals surface area contributed by atoms with E-state index in [9.17, 15) is 4.79 Å². The number of carbonyl (C=O) groups is 1. The standard InChI is InChI=1S/C14H21N5O/c1-5-15-9(2)6-13(20)17-11-7-12-10(3)18-19(4)14(12)16-8-11/h7-9,15H,5-6H2,1-4H3,(H,17,20). The normalized spacial score (nSPS) is 12.6. The molecule has 0 fully saturated rings. The van der Waals surface area contributed by atoms with Gasteiger partial charge in [-0.2, -0.15) is 5.10 Å². The number of nitrogens with zero attached hydrogens (tertiary/aromatic N) is 3. The zero-order chi connectivity index (χ0) is 14.7. The third-order valence-electron chi connectivity index (χ3n) is 3.19. The molecule has 0 spiro atoms. The molecule has 6 nitrogen and oxygen atoms in total. The number of nitrogens with one attached hydrogen (secondary N) is 2. The van der Waals surface area contributed by atoms with Crippen molar-refractivity contribution in [1.29, 1.82) is 0 Å². The van der Waals surface area contributed by atoms with Crippen molar-refractivity contribution in [3.63, 3.8) is 0 Å². The van der Waals surface area contributed by atoms with E-state index in [-0.39, 0.29) is 11.9 Å². The molecule has 108 valence electrons. The fourth-order valence-electron chi connectivity index (χ4n) is 2.29. The number of aromatic nitrogens is 3. The van der Waals surface area contributed by atoms with Crippen molar-refractivity contribution >= 4 is 22.6 Å². The second kappa shape index (κ2) is 6.00. The Balaban J connectivity index is 2.10. The molecule has 0 bridgehead atoms. The van der Waals surface area contributed by atoms with Crippen molar-refractivity contribution in [1.82, 2.24) is 20.1 Å². The molecular weight excluding hydrogens is 254 g/mol. The zero-order valence-electron chi connectivity index (χ0n) is 12.4. The van der Waals surface area contributed by atoms with E-state index in [0.29, 0.717) is 12.1 Å². The average Bonchev–Trinajstić information content (AvgIpc) is 2.64. The largest absolute Gasteiger partial charge is 0.325 e. The lowest BCUT2D eigenvalue weighted by atomic mass is 10.2. The lowest BCUT2D eigenvalue weighted by Crippen LogP contribution is -2.30. The number of carbonyl (C=O) groups excluding carboxylic acids is 1. The molecule has 0 saturated carbocycles. The van der Waals surface area contributed by atoms with Gasteiger partial charge in [0.25, 0.3) is 0 Å². The predicted molar refractivity (Wildman–Crippen MR) is 79.6 cm³/mol. The Morgan fingerprint density at radius 2 is 2.25 bits per heavy atom. The van der Waals surface area contributed by atoms with Crippen LogP contribution >= 0.6 is 0 Å². The van der Waals surface area contributed by atoms with Crippen LogP contribution in [-0.4, -0.2) is 33.3 Å². The van der Waals surface area contributed by atoms with Crippen LogP contribution in [0.2, 0.25) is 0 Å². The van der Waals surface area contributed by atoms with Crippen molar-refractivity contribution in [3.05, 3.63) is 18.0 Å². The predicted octanol–water partition coefficient (Wildman–Crippen LogP) is 1.60. The summed E-state index contributed by atoms with van der Waals surface area (Å²) < 4.78 is 1.74. The summed E-state index contributed by atoms with van der Waals surface area (Å²) in [6.45, 7) is 6.81. The molecule has 1 unspecified atom stereocenters. The summed E-state index contributed by atoms with van der Waals surface area (Å²) in [5, 5.41) is 11.4. The first-order valence-electron chi connectivity index (χ1n) is 6.83. The molecule has 0 aromatic carbocycles. The Hall–Kier alpha value is -1.95. The van der Waals surface area contributed by atoms with Gasteiger partial charge in [0.1, 0.15) is 0 Å². The minimum absolute atomic E-state index is 0.0128. The maximum Gasteiger partial charge on any atom is 0.225 e. The minimum Gasteiger partial charge on any atom is -0.325 e. The number of pyridine rings is 1. The molecule has 20 heavy (non-hydrogen) atoms. The smallest absolute Gasteiger partial charge is 0.225 e. The Morgan fingerprint density at radius 1 is 1.50 bits per heavy atom. The summed E-state index contributed by atoms with van der Waals surface area (Å²) in [6.07, 6.45) is 2.11.